The molecule has 0 fully saturated rings. The van der Waals surface area contributed by atoms with Crippen LogP contribution in [-0.4, -0.2) is 98.0 Å². The molecule has 0 spiro atoms. The molecule has 0 aromatic rings. The standard InChI is InChI=1S/C92H174N2O7/c1-8-14-20-26-30-32-34-36-38-40-42-44-46-48-52-62-76-88(77-63-53-49-47-45-43-41-39-37-35-33-31-27-21-15-9-2)101-92(98)89(93(7)79-68-69-83-95)78-64-67-82-94(80-65-54-56-70-84-99-90(96)86(72-58-24-18-12-5)74-60-50-28-22-16-10-3)81-66-55-57-71-85-100-91(97)87(73-59-25-19-13-6)75-61-51-29-23-17-11-4/h30-33,36-39,86-89,95H,8-29,34-35,40-85H2,1-7H3/b32-30+,33-31+,38-36+,39-37+. The van der Waals surface area contributed by atoms with Gasteiger partial charge >= 0.3 is 17.9 Å². The maximum absolute atomic E-state index is 14.6. The molecule has 3 atom stereocenters. The SMILES string of the molecule is CCCCC/C=C/C/C=C/CCCCCCCCC(CCCCCCCC/C=C/C/C=C/CCCCC)OC(=O)C(CCCCN(CCCCCCOC(=O)C(CCCCCC)CCCCCCCC)CCCCCCOC(=O)C(CCCCCC)CCCCCCCC)N(C)CCCCO. The first kappa shape index (κ1) is 98.2. The fourth-order valence-electron chi connectivity index (χ4n) is 14.3. The van der Waals surface area contributed by atoms with Crippen molar-refractivity contribution in [1.29, 1.82) is 0 Å². The number of esters is 3. The van der Waals surface area contributed by atoms with Gasteiger partial charge in [0.15, 0.2) is 0 Å². The molecule has 101 heavy (non-hydrogen) atoms. The van der Waals surface area contributed by atoms with Gasteiger partial charge < -0.3 is 24.2 Å². The summed E-state index contributed by atoms with van der Waals surface area (Å²) in [6.45, 7) is 18.7. The van der Waals surface area contributed by atoms with Crippen LogP contribution in [-0.2, 0) is 28.6 Å². The zero-order valence-corrected chi connectivity index (χ0v) is 68.7. The van der Waals surface area contributed by atoms with Gasteiger partial charge in [-0.3, -0.25) is 19.3 Å². The van der Waals surface area contributed by atoms with E-state index in [1.807, 2.05) is 0 Å². The largest absolute Gasteiger partial charge is 0.465 e. The van der Waals surface area contributed by atoms with Gasteiger partial charge in [-0.05, 0) is 200 Å². The van der Waals surface area contributed by atoms with Gasteiger partial charge in [0.25, 0.3) is 0 Å². The molecule has 0 aliphatic heterocycles. The van der Waals surface area contributed by atoms with Crippen molar-refractivity contribution >= 4 is 17.9 Å². The number of aliphatic hydroxyl groups excluding tert-OH is 1. The zero-order chi connectivity index (χ0) is 73.5. The third kappa shape index (κ3) is 68.8. The van der Waals surface area contributed by atoms with Crippen LogP contribution in [0.15, 0.2) is 48.6 Å². The molecule has 0 rings (SSSR count). The van der Waals surface area contributed by atoms with Crippen molar-refractivity contribution in [3.05, 3.63) is 48.6 Å². The monoisotopic (exact) mass is 1420 g/mol. The average Bonchev–Trinajstić information content (AvgIpc) is 0.938. The number of carbonyl (C=O) groups is 3. The van der Waals surface area contributed by atoms with E-state index in [0.717, 1.165) is 200 Å². The topological polar surface area (TPSA) is 106 Å². The summed E-state index contributed by atoms with van der Waals surface area (Å²) < 4.78 is 18.7. The summed E-state index contributed by atoms with van der Waals surface area (Å²) in [5, 5.41) is 9.76. The van der Waals surface area contributed by atoms with Crippen LogP contribution in [0.2, 0.25) is 0 Å². The fourth-order valence-corrected chi connectivity index (χ4v) is 14.3. The summed E-state index contributed by atoms with van der Waals surface area (Å²) >= 11 is 0. The van der Waals surface area contributed by atoms with Gasteiger partial charge in [-0.25, -0.2) is 0 Å². The van der Waals surface area contributed by atoms with Crippen LogP contribution >= 0.6 is 0 Å². The minimum Gasteiger partial charge on any atom is -0.465 e. The Hall–Kier alpha value is -2.75. The van der Waals surface area contributed by atoms with Crippen molar-refractivity contribution in [2.75, 3.05) is 53.0 Å². The van der Waals surface area contributed by atoms with Crippen LogP contribution in [0.25, 0.3) is 0 Å². The van der Waals surface area contributed by atoms with Crippen LogP contribution in [0.5, 0.6) is 0 Å². The van der Waals surface area contributed by atoms with Gasteiger partial charge in [-0.1, -0.05) is 328 Å². The lowest BCUT2D eigenvalue weighted by Gasteiger charge is -2.29. The summed E-state index contributed by atoms with van der Waals surface area (Å²) in [5.41, 5.74) is 0. The summed E-state index contributed by atoms with van der Waals surface area (Å²) in [4.78, 5) is 46.4. The number of nitrogens with zero attached hydrogens (tertiary/aromatic N) is 2. The zero-order valence-electron chi connectivity index (χ0n) is 68.7. The first-order valence-corrected chi connectivity index (χ1v) is 44.9. The molecule has 0 aromatic heterocycles. The van der Waals surface area contributed by atoms with Crippen molar-refractivity contribution < 1.29 is 33.7 Å². The number of unbranched alkanes of at least 4 members (excludes halogenated alkanes) is 42. The Balaban J connectivity index is 5.94. The Morgan fingerprint density at radius 1 is 0.297 bits per heavy atom. The molecule has 3 unspecified atom stereocenters. The van der Waals surface area contributed by atoms with E-state index in [-0.39, 0.29) is 48.5 Å². The summed E-state index contributed by atoms with van der Waals surface area (Å²) in [6, 6.07) is -0.293. The first-order valence-electron chi connectivity index (χ1n) is 44.9. The second kappa shape index (κ2) is 81.3. The molecule has 594 valence electrons. The Labute approximate surface area is 629 Å². The molecule has 0 radical (unpaired) electrons. The summed E-state index contributed by atoms with van der Waals surface area (Å²) in [7, 11) is 2.10. The minimum atomic E-state index is -0.293. The number of allylic oxidation sites excluding steroid dienone is 8. The molecule has 1 N–H and O–H groups in total. The first-order chi connectivity index (χ1) is 49.7. The van der Waals surface area contributed by atoms with Crippen molar-refractivity contribution in [1.82, 2.24) is 9.80 Å². The number of hydrogen-bond acceptors (Lipinski definition) is 9. The second-order valence-corrected chi connectivity index (χ2v) is 30.9. The predicted molar refractivity (Wildman–Crippen MR) is 440 cm³/mol. The highest BCUT2D eigenvalue weighted by Gasteiger charge is 2.27. The number of hydrogen-bond donors (Lipinski definition) is 1. The minimum absolute atomic E-state index is 0.0404. The van der Waals surface area contributed by atoms with Gasteiger partial charge in [-0.15, -0.1) is 0 Å². The van der Waals surface area contributed by atoms with Crippen molar-refractivity contribution in [2.24, 2.45) is 11.8 Å². The highest BCUT2D eigenvalue weighted by molar-refractivity contribution is 5.76. The number of aliphatic hydroxyl groups is 1. The lowest BCUT2D eigenvalue weighted by Crippen LogP contribution is -2.42. The van der Waals surface area contributed by atoms with Crippen molar-refractivity contribution in [3.63, 3.8) is 0 Å². The molecule has 0 aliphatic rings. The Bertz CT molecular complexity index is 1730. The molecule has 0 aromatic carbocycles. The normalized spacial score (nSPS) is 13.1. The highest BCUT2D eigenvalue weighted by Crippen LogP contribution is 2.25. The van der Waals surface area contributed by atoms with E-state index >= 15 is 0 Å². The van der Waals surface area contributed by atoms with E-state index in [4.69, 9.17) is 14.2 Å². The maximum Gasteiger partial charge on any atom is 0.323 e. The maximum atomic E-state index is 14.6. The van der Waals surface area contributed by atoms with Crippen LogP contribution in [0.3, 0.4) is 0 Å². The molecule has 0 saturated heterocycles. The second-order valence-electron chi connectivity index (χ2n) is 30.9. The van der Waals surface area contributed by atoms with Gasteiger partial charge in [0, 0.05) is 6.61 Å². The molecule has 9 heteroatoms. The Kier molecular flexibility index (Phi) is 79.1. The van der Waals surface area contributed by atoms with E-state index < -0.39 is 0 Å². The molecule has 9 nitrogen and oxygen atoms in total. The summed E-state index contributed by atoms with van der Waals surface area (Å²) in [6.07, 6.45) is 91.3. The number of ether oxygens (including phenoxy) is 3. The summed E-state index contributed by atoms with van der Waals surface area (Å²) in [5.74, 6) is 0.143. The Morgan fingerprint density at radius 3 is 0.950 bits per heavy atom. The van der Waals surface area contributed by atoms with Crippen molar-refractivity contribution in [2.45, 2.75) is 458 Å². The molecule has 0 amide bonds. The van der Waals surface area contributed by atoms with E-state index in [1.54, 1.807) is 0 Å². The van der Waals surface area contributed by atoms with Crippen LogP contribution in [0, 0.1) is 11.8 Å². The highest BCUT2D eigenvalue weighted by atomic mass is 16.5. The number of carbonyl (C=O) groups excluding carboxylic acids is 3. The van der Waals surface area contributed by atoms with E-state index in [2.05, 4.69) is 107 Å². The van der Waals surface area contributed by atoms with E-state index in [9.17, 15) is 19.5 Å². The van der Waals surface area contributed by atoms with Crippen LogP contribution in [0.4, 0.5) is 0 Å². The molecule has 0 bridgehead atoms. The number of rotatable bonds is 82. The predicted octanol–water partition coefficient (Wildman–Crippen LogP) is 27.7. The third-order valence-electron chi connectivity index (χ3n) is 21.2. The van der Waals surface area contributed by atoms with Crippen LogP contribution < -0.4 is 0 Å². The lowest BCUT2D eigenvalue weighted by atomic mass is 9.94. The van der Waals surface area contributed by atoms with Crippen LogP contribution in [0.1, 0.15) is 446 Å². The Morgan fingerprint density at radius 2 is 0.574 bits per heavy atom. The van der Waals surface area contributed by atoms with E-state index in [1.165, 1.54) is 231 Å². The molecule has 0 heterocycles. The fraction of sp³-hybridized carbons (Fsp3) is 0.880. The molecular weight excluding hydrogens is 1250 g/mol. The van der Waals surface area contributed by atoms with Crippen molar-refractivity contribution in [3.8, 4) is 0 Å². The lowest BCUT2D eigenvalue weighted by molar-refractivity contribution is -0.156. The molecule has 0 aliphatic carbocycles. The van der Waals surface area contributed by atoms with Gasteiger partial charge in [0.1, 0.15) is 12.1 Å². The number of likely N-dealkylation sites (N-methyl/N-ethyl adjacent to an activating group) is 1. The van der Waals surface area contributed by atoms with E-state index in [0.29, 0.717) is 13.2 Å². The molecule has 0 saturated carbocycles. The average molecular weight is 1420 g/mol. The van der Waals surface area contributed by atoms with Gasteiger partial charge in [0.05, 0.1) is 25.0 Å². The molecular formula is C92H174N2O7. The smallest absolute Gasteiger partial charge is 0.323 e. The van der Waals surface area contributed by atoms with Gasteiger partial charge in [-0.2, -0.15) is 0 Å². The third-order valence-corrected chi connectivity index (χ3v) is 21.2. The van der Waals surface area contributed by atoms with Gasteiger partial charge in [0.2, 0.25) is 0 Å². The quantitative estimate of drug-likeness (QED) is 0.0276.